The Balaban J connectivity index is 1.42. The second-order valence-corrected chi connectivity index (χ2v) is 17.3. The first-order valence-electron chi connectivity index (χ1n) is 14.0. The number of carboxylic acids is 1. The zero-order valence-electron chi connectivity index (χ0n) is 25.4. The van der Waals surface area contributed by atoms with Crippen LogP contribution in [-0.2, 0) is 24.9 Å². The van der Waals surface area contributed by atoms with Crippen molar-refractivity contribution in [1.82, 2.24) is 4.90 Å². The van der Waals surface area contributed by atoms with E-state index in [0.29, 0.717) is 11.6 Å². The molecular weight excluding hydrogens is 601 g/mol. The molecular formula is C30H35F3N2O8Si. The van der Waals surface area contributed by atoms with Gasteiger partial charge in [-0.2, -0.15) is 13.2 Å². The van der Waals surface area contributed by atoms with Crippen LogP contribution in [0.5, 0.6) is 0 Å². The maximum atomic E-state index is 13.3. The number of fused-ring (bicyclic) bond motifs is 2. The largest absolute Gasteiger partial charge is 0.477 e. The van der Waals surface area contributed by atoms with Gasteiger partial charge in [0.1, 0.15) is 17.9 Å². The number of halogens is 3. The molecule has 0 aliphatic carbocycles. The van der Waals surface area contributed by atoms with Crippen molar-refractivity contribution in [2.45, 2.75) is 71.1 Å². The number of benzene rings is 1. The Morgan fingerprint density at radius 1 is 1.18 bits per heavy atom. The number of nitrogens with one attached hydrogen (secondary N) is 1. The highest BCUT2D eigenvalue weighted by molar-refractivity contribution is 6.74. The molecule has 2 amide bonds. The third-order valence-electron chi connectivity index (χ3n) is 8.61. The van der Waals surface area contributed by atoms with Gasteiger partial charge in [-0.1, -0.05) is 33.8 Å². The number of carboxylic acid groups (broad SMARTS) is 1. The van der Waals surface area contributed by atoms with Crippen LogP contribution in [0.15, 0.2) is 56.9 Å². The lowest BCUT2D eigenvalue weighted by atomic mass is 9.77. The number of aliphatic carboxylic acids is 1. The van der Waals surface area contributed by atoms with E-state index in [-0.39, 0.29) is 51.9 Å². The quantitative estimate of drug-likeness (QED) is 0.200. The van der Waals surface area contributed by atoms with Gasteiger partial charge in [0.25, 0.3) is 0 Å². The van der Waals surface area contributed by atoms with Crippen LogP contribution in [-0.4, -0.2) is 55.0 Å². The van der Waals surface area contributed by atoms with E-state index in [1.54, 1.807) is 0 Å². The SMILES string of the molecule is C[C@@H](O[Si](C)(C)C(C)(C)C)[C@H]1C(=O)N2C(C(=O)O)=C(/C=C/COC(=O)Nc3ccc4c(C(F)(F)F)cc(=O)oc4c3)[C@H](C)[C@H]12. The third kappa shape index (κ3) is 6.18. The first-order valence-corrected chi connectivity index (χ1v) is 16.9. The number of ether oxygens (including phenoxy) is 1. The summed E-state index contributed by atoms with van der Waals surface area (Å²) in [5.74, 6) is -2.38. The first-order chi connectivity index (χ1) is 20.2. The van der Waals surface area contributed by atoms with Gasteiger partial charge in [-0.3, -0.25) is 10.1 Å². The maximum absolute atomic E-state index is 13.3. The van der Waals surface area contributed by atoms with E-state index in [1.807, 2.05) is 13.8 Å². The van der Waals surface area contributed by atoms with Gasteiger partial charge in [-0.05, 0) is 48.8 Å². The standard InChI is InChI=1S/C30H35F3N2O8Si/c1-15-18(25(27(38)39)35-24(15)23(26(35)37)16(2)43-44(6,7)29(3,4)5)9-8-12-41-28(40)34-17-10-11-19-20(30(31,32)33)14-22(36)42-21(19)13-17/h8-11,13-16,23-24H,12H2,1-7H3,(H,34,40)(H,38,39)/b9-8+/t15-,16+,23+,24+/m0/s1. The van der Waals surface area contributed by atoms with Crippen molar-refractivity contribution in [3.63, 3.8) is 0 Å². The van der Waals surface area contributed by atoms with Gasteiger partial charge in [-0.25, -0.2) is 14.4 Å². The summed E-state index contributed by atoms with van der Waals surface area (Å²) in [5, 5.41) is 11.9. The average Bonchev–Trinajstić information content (AvgIpc) is 3.12. The van der Waals surface area contributed by atoms with Gasteiger partial charge in [0.05, 0.1) is 23.6 Å². The van der Waals surface area contributed by atoms with Gasteiger partial charge in [0.2, 0.25) is 5.91 Å². The molecule has 2 N–H and O–H groups in total. The van der Waals surface area contributed by atoms with E-state index >= 15 is 0 Å². The molecule has 4 atom stereocenters. The molecule has 0 unspecified atom stereocenters. The fourth-order valence-corrected chi connectivity index (χ4v) is 6.87. The van der Waals surface area contributed by atoms with E-state index in [4.69, 9.17) is 13.6 Å². The lowest BCUT2D eigenvalue weighted by Crippen LogP contribution is -2.65. The number of β-lactam (4-membered cyclic amide) rings is 1. The topological polar surface area (TPSA) is 135 Å². The zero-order chi connectivity index (χ0) is 32.9. The van der Waals surface area contributed by atoms with E-state index in [0.717, 1.165) is 12.1 Å². The van der Waals surface area contributed by atoms with Crippen molar-refractivity contribution in [1.29, 1.82) is 0 Å². The second kappa shape index (κ2) is 11.5. The van der Waals surface area contributed by atoms with Crippen LogP contribution in [0.1, 0.15) is 40.2 Å². The molecule has 44 heavy (non-hydrogen) atoms. The monoisotopic (exact) mass is 636 g/mol. The minimum Gasteiger partial charge on any atom is -0.477 e. The first kappa shape index (κ1) is 33.0. The van der Waals surface area contributed by atoms with Gasteiger partial charge >= 0.3 is 23.9 Å². The number of rotatable bonds is 8. The summed E-state index contributed by atoms with van der Waals surface area (Å²) in [4.78, 5) is 50.6. The fourth-order valence-electron chi connectivity index (χ4n) is 5.44. The van der Waals surface area contributed by atoms with Crippen LogP contribution in [0.25, 0.3) is 11.0 Å². The summed E-state index contributed by atoms with van der Waals surface area (Å²) in [5.41, 5.74) is -2.41. The molecule has 3 heterocycles. The van der Waals surface area contributed by atoms with Gasteiger partial charge in [-0.15, -0.1) is 0 Å². The van der Waals surface area contributed by atoms with Crippen LogP contribution in [0.2, 0.25) is 18.1 Å². The number of nitrogens with zero attached hydrogens (tertiary/aromatic N) is 1. The summed E-state index contributed by atoms with van der Waals surface area (Å²) < 4.78 is 56.2. The molecule has 14 heteroatoms. The van der Waals surface area contributed by atoms with Crippen LogP contribution in [0, 0.1) is 11.8 Å². The van der Waals surface area contributed by atoms with Gasteiger partial charge in [0.15, 0.2) is 8.32 Å². The highest BCUT2D eigenvalue weighted by atomic mass is 28.4. The Morgan fingerprint density at radius 2 is 1.84 bits per heavy atom. The van der Waals surface area contributed by atoms with E-state index in [9.17, 15) is 37.5 Å². The van der Waals surface area contributed by atoms with Crippen LogP contribution in [0.3, 0.4) is 0 Å². The number of anilines is 1. The Kier molecular flexibility index (Phi) is 8.65. The Bertz CT molecular complexity index is 1620. The summed E-state index contributed by atoms with van der Waals surface area (Å²) in [6.07, 6.45) is -3.19. The molecule has 2 aliphatic heterocycles. The molecule has 238 valence electrons. The van der Waals surface area contributed by atoms with Crippen molar-refractivity contribution in [3.05, 3.63) is 63.7 Å². The lowest BCUT2D eigenvalue weighted by molar-refractivity contribution is -0.162. The molecule has 10 nitrogen and oxygen atoms in total. The normalized spacial score (nSPS) is 21.5. The van der Waals surface area contributed by atoms with E-state index in [2.05, 4.69) is 39.2 Å². The van der Waals surface area contributed by atoms with Crippen LogP contribution in [0.4, 0.5) is 23.7 Å². The minimum atomic E-state index is -4.78. The predicted molar refractivity (Wildman–Crippen MR) is 157 cm³/mol. The summed E-state index contributed by atoms with van der Waals surface area (Å²) in [6, 6.07) is 3.30. The van der Waals surface area contributed by atoms with Crippen molar-refractivity contribution in [2.24, 2.45) is 11.8 Å². The van der Waals surface area contributed by atoms with E-state index in [1.165, 1.54) is 23.1 Å². The molecule has 0 bridgehead atoms. The number of carbonyl (C=O) groups is 3. The number of allylic oxidation sites excluding steroid dienone is 1. The van der Waals surface area contributed by atoms with Crippen LogP contribution < -0.4 is 10.9 Å². The number of hydrogen-bond donors (Lipinski definition) is 2. The molecule has 4 rings (SSSR count). The lowest BCUT2D eigenvalue weighted by Gasteiger charge is -2.50. The maximum Gasteiger partial charge on any atom is 0.417 e. The smallest absolute Gasteiger partial charge is 0.417 e. The number of carbonyl (C=O) groups excluding carboxylic acids is 2. The third-order valence-corrected chi connectivity index (χ3v) is 13.2. The van der Waals surface area contributed by atoms with Gasteiger partial charge in [0, 0.05) is 29.1 Å². The highest BCUT2D eigenvalue weighted by Crippen LogP contribution is 2.49. The Hall–Kier alpha value is -3.91. The molecule has 0 spiro atoms. The molecule has 1 fully saturated rings. The summed E-state index contributed by atoms with van der Waals surface area (Å²) in [7, 11) is -2.19. The molecule has 1 saturated heterocycles. The van der Waals surface area contributed by atoms with Crippen molar-refractivity contribution in [2.75, 3.05) is 11.9 Å². The Labute approximate surface area is 252 Å². The molecule has 0 saturated carbocycles. The summed E-state index contributed by atoms with van der Waals surface area (Å²) in [6.45, 7) is 13.9. The number of alkyl halides is 3. The molecule has 1 aromatic carbocycles. The molecule has 2 aromatic rings. The summed E-state index contributed by atoms with van der Waals surface area (Å²) >= 11 is 0. The minimum absolute atomic E-state index is 0.0252. The van der Waals surface area contributed by atoms with Gasteiger partial charge < -0.3 is 23.6 Å². The molecule has 2 aliphatic rings. The fraction of sp³-hybridized carbons (Fsp3) is 0.467. The highest BCUT2D eigenvalue weighted by Gasteiger charge is 2.60. The zero-order valence-corrected chi connectivity index (χ0v) is 26.4. The molecule has 1 aromatic heterocycles. The van der Waals surface area contributed by atoms with Crippen molar-refractivity contribution >= 4 is 42.9 Å². The Morgan fingerprint density at radius 3 is 2.43 bits per heavy atom. The second-order valence-electron chi connectivity index (χ2n) is 12.5. The van der Waals surface area contributed by atoms with E-state index < -0.39 is 49.8 Å². The molecule has 0 radical (unpaired) electrons. The average molecular weight is 637 g/mol. The number of amides is 2. The van der Waals surface area contributed by atoms with Crippen molar-refractivity contribution in [3.8, 4) is 0 Å². The predicted octanol–water partition coefficient (Wildman–Crippen LogP) is 6.14. The van der Waals surface area contributed by atoms with Crippen molar-refractivity contribution < 1.29 is 46.2 Å². The number of hydrogen-bond acceptors (Lipinski definition) is 7. The van der Waals surface area contributed by atoms with Crippen LogP contribution >= 0.6 is 0 Å².